The largest absolute Gasteiger partial charge is 0.118 e. The second-order valence-electron chi connectivity index (χ2n) is 2.84. The van der Waals surface area contributed by atoms with Gasteiger partial charge in [0.1, 0.15) is 0 Å². The summed E-state index contributed by atoms with van der Waals surface area (Å²) in [6.07, 6.45) is 0. The maximum absolute atomic E-state index is 5.11. The molecule has 0 aliphatic carbocycles. The first kappa shape index (κ1) is 16.3. The molecule has 0 N–H and O–H groups in total. The molecule has 15 heavy (non-hydrogen) atoms. The molecule has 0 spiro atoms. The van der Waals surface area contributed by atoms with E-state index in [2.05, 4.69) is 0 Å². The van der Waals surface area contributed by atoms with Crippen LogP contribution in [0, 0.1) is 0 Å². The van der Waals surface area contributed by atoms with E-state index < -0.39 is 0 Å². The summed E-state index contributed by atoms with van der Waals surface area (Å²) in [7, 11) is 0. The molecule has 0 bridgehead atoms. The van der Waals surface area contributed by atoms with Crippen molar-refractivity contribution in [3.05, 3.63) is 0 Å². The second kappa shape index (κ2) is 9.36. The van der Waals surface area contributed by atoms with Crippen LogP contribution in [0.1, 0.15) is 20.8 Å². The summed E-state index contributed by atoms with van der Waals surface area (Å²) >= 11 is 20.4. The van der Waals surface area contributed by atoms with Crippen molar-refractivity contribution in [3.63, 3.8) is 0 Å². The van der Waals surface area contributed by atoms with Gasteiger partial charge in [-0.3, -0.25) is 0 Å². The molecule has 0 rings (SSSR count). The van der Waals surface area contributed by atoms with Crippen LogP contribution >= 0.6 is 71.9 Å². The van der Waals surface area contributed by atoms with Crippen LogP contribution in [0.5, 0.6) is 0 Å². The summed E-state index contributed by atoms with van der Waals surface area (Å²) in [6.45, 7) is 5.89. The molecule has 0 heterocycles. The maximum Gasteiger partial charge on any atom is 0.0450 e. The monoisotopic (exact) mass is 314 g/mol. The molecular formula is C9H14S6. The van der Waals surface area contributed by atoms with Crippen molar-refractivity contribution in [2.75, 3.05) is 11.5 Å². The first-order valence-electron chi connectivity index (χ1n) is 4.35. The normalized spacial score (nSPS) is 10.4. The SMILES string of the molecule is CC(=S)SCC(CSC(C)=S)SC(C)=S. The van der Waals surface area contributed by atoms with Gasteiger partial charge >= 0.3 is 0 Å². The fourth-order valence-corrected chi connectivity index (χ4v) is 4.24. The fourth-order valence-electron chi connectivity index (χ4n) is 0.771. The summed E-state index contributed by atoms with van der Waals surface area (Å²) in [4.78, 5) is 0. The molecule has 0 amide bonds. The topological polar surface area (TPSA) is 0 Å². The molecule has 0 nitrogen and oxygen atoms in total. The first-order chi connectivity index (χ1) is 6.91. The Morgan fingerprint density at radius 2 is 1.27 bits per heavy atom. The summed E-state index contributed by atoms with van der Waals surface area (Å²) in [5.74, 6) is 2.03. The number of thiocarbonyl (C=S) groups is 3. The molecule has 0 unspecified atom stereocenters. The van der Waals surface area contributed by atoms with E-state index in [1.54, 1.807) is 35.3 Å². The molecule has 0 aromatic rings. The molecule has 0 fully saturated rings. The lowest BCUT2D eigenvalue weighted by Crippen LogP contribution is -2.13. The Labute approximate surface area is 121 Å². The molecule has 0 atom stereocenters. The van der Waals surface area contributed by atoms with E-state index in [0.717, 1.165) is 24.1 Å². The number of rotatable bonds is 5. The quantitative estimate of drug-likeness (QED) is 0.675. The highest BCUT2D eigenvalue weighted by atomic mass is 32.2. The van der Waals surface area contributed by atoms with Gasteiger partial charge < -0.3 is 0 Å². The Hall–Kier alpha value is 1.32. The van der Waals surface area contributed by atoms with Crippen molar-refractivity contribution >= 4 is 84.5 Å². The maximum atomic E-state index is 5.11. The lowest BCUT2D eigenvalue weighted by Gasteiger charge is -2.14. The van der Waals surface area contributed by atoms with Gasteiger partial charge in [-0.2, -0.15) is 0 Å². The van der Waals surface area contributed by atoms with Gasteiger partial charge in [0, 0.05) is 29.3 Å². The van der Waals surface area contributed by atoms with E-state index in [0.29, 0.717) is 5.25 Å². The highest BCUT2D eigenvalue weighted by molar-refractivity contribution is 8.27. The molecule has 0 aliphatic heterocycles. The van der Waals surface area contributed by atoms with Crippen LogP contribution in [-0.4, -0.2) is 29.3 Å². The summed E-state index contributed by atoms with van der Waals surface area (Å²) in [5, 5.41) is 0.508. The van der Waals surface area contributed by atoms with Crippen molar-refractivity contribution in [1.29, 1.82) is 0 Å². The summed E-state index contributed by atoms with van der Waals surface area (Å²) in [5.41, 5.74) is 0. The molecule has 0 saturated carbocycles. The Balaban J connectivity index is 3.99. The third kappa shape index (κ3) is 11.6. The fraction of sp³-hybridized carbons (Fsp3) is 0.667. The van der Waals surface area contributed by atoms with E-state index in [1.807, 2.05) is 20.8 Å². The number of hydrogen-bond donors (Lipinski definition) is 0. The van der Waals surface area contributed by atoms with Gasteiger partial charge in [-0.1, -0.05) is 36.7 Å². The minimum absolute atomic E-state index is 0.508. The lowest BCUT2D eigenvalue weighted by atomic mass is 10.5. The number of hydrogen-bond acceptors (Lipinski definition) is 6. The third-order valence-electron chi connectivity index (χ3n) is 1.28. The molecule has 0 radical (unpaired) electrons. The zero-order valence-corrected chi connectivity index (χ0v) is 13.8. The van der Waals surface area contributed by atoms with Gasteiger partial charge in [0.2, 0.25) is 0 Å². The minimum atomic E-state index is 0.508. The molecule has 0 aliphatic rings. The zero-order chi connectivity index (χ0) is 11.8. The predicted octanol–water partition coefficient (Wildman–Crippen LogP) is 4.60. The van der Waals surface area contributed by atoms with Crippen molar-refractivity contribution in [1.82, 2.24) is 0 Å². The highest BCUT2D eigenvalue weighted by Crippen LogP contribution is 2.23. The minimum Gasteiger partial charge on any atom is -0.118 e. The van der Waals surface area contributed by atoms with Crippen molar-refractivity contribution < 1.29 is 0 Å². The lowest BCUT2D eigenvalue weighted by molar-refractivity contribution is 1.16. The van der Waals surface area contributed by atoms with E-state index in [4.69, 9.17) is 36.7 Å². The van der Waals surface area contributed by atoms with Crippen LogP contribution in [0.4, 0.5) is 0 Å². The average molecular weight is 315 g/mol. The van der Waals surface area contributed by atoms with Crippen molar-refractivity contribution in [2.24, 2.45) is 0 Å². The van der Waals surface area contributed by atoms with E-state index in [9.17, 15) is 0 Å². The molecule has 0 aromatic carbocycles. The second-order valence-corrected chi connectivity index (χ2v) is 9.43. The van der Waals surface area contributed by atoms with Crippen LogP contribution < -0.4 is 0 Å². The van der Waals surface area contributed by atoms with Gasteiger partial charge in [0.15, 0.2) is 0 Å². The smallest absolute Gasteiger partial charge is 0.0450 e. The van der Waals surface area contributed by atoms with Crippen LogP contribution in [0.2, 0.25) is 0 Å². The van der Waals surface area contributed by atoms with E-state index in [-0.39, 0.29) is 0 Å². The molecule has 0 aromatic heterocycles. The van der Waals surface area contributed by atoms with Crippen molar-refractivity contribution in [3.8, 4) is 0 Å². The first-order valence-corrected chi connectivity index (χ1v) is 8.43. The Kier molecular flexibility index (Phi) is 10.2. The van der Waals surface area contributed by atoms with Crippen LogP contribution in [-0.2, 0) is 0 Å². The predicted molar refractivity (Wildman–Crippen MR) is 91.1 cm³/mol. The van der Waals surface area contributed by atoms with Crippen LogP contribution in [0.15, 0.2) is 0 Å². The Morgan fingerprint density at radius 1 is 0.867 bits per heavy atom. The van der Waals surface area contributed by atoms with Crippen molar-refractivity contribution in [2.45, 2.75) is 26.0 Å². The Morgan fingerprint density at radius 3 is 1.53 bits per heavy atom. The summed E-state index contributed by atoms with van der Waals surface area (Å²) < 4.78 is 2.98. The van der Waals surface area contributed by atoms with Crippen LogP contribution in [0.3, 0.4) is 0 Å². The van der Waals surface area contributed by atoms with Gasteiger partial charge in [-0.25, -0.2) is 0 Å². The highest BCUT2D eigenvalue weighted by Gasteiger charge is 2.11. The molecule has 86 valence electrons. The standard InChI is InChI=1S/C9H14S6/c1-6(10)13-4-9(15-8(3)12)5-14-7(2)11/h9H,4-5H2,1-3H3. The van der Waals surface area contributed by atoms with E-state index >= 15 is 0 Å². The van der Waals surface area contributed by atoms with Gasteiger partial charge in [0.25, 0.3) is 0 Å². The molecule has 6 heteroatoms. The van der Waals surface area contributed by atoms with Gasteiger partial charge in [0.05, 0.1) is 0 Å². The van der Waals surface area contributed by atoms with Crippen LogP contribution in [0.25, 0.3) is 0 Å². The van der Waals surface area contributed by atoms with Gasteiger partial charge in [-0.15, -0.1) is 35.3 Å². The summed E-state index contributed by atoms with van der Waals surface area (Å²) in [6, 6.07) is 0. The Bertz CT molecular complexity index is 229. The van der Waals surface area contributed by atoms with E-state index in [1.165, 1.54) is 0 Å². The average Bonchev–Trinajstić information content (AvgIpc) is 2.08. The number of thioether (sulfide) groups is 3. The molecule has 0 saturated heterocycles. The van der Waals surface area contributed by atoms with Gasteiger partial charge in [-0.05, 0) is 20.8 Å². The zero-order valence-electron chi connectivity index (χ0n) is 8.94. The molecular weight excluding hydrogens is 301 g/mol. The third-order valence-corrected chi connectivity index (χ3v) is 5.65.